The zero-order valence-corrected chi connectivity index (χ0v) is 13.2. The molecule has 0 saturated carbocycles. The lowest BCUT2D eigenvalue weighted by Gasteiger charge is -2.44. The number of rotatable bonds is 3. The molecule has 0 spiro atoms. The minimum Gasteiger partial charge on any atom is -0.447 e. The molecule has 0 aromatic heterocycles. The van der Waals surface area contributed by atoms with Crippen molar-refractivity contribution in [3.05, 3.63) is 35.1 Å². The van der Waals surface area contributed by atoms with Crippen molar-refractivity contribution in [2.75, 3.05) is 26.2 Å². The Balaban J connectivity index is 1.79. The van der Waals surface area contributed by atoms with Gasteiger partial charge in [0.1, 0.15) is 12.4 Å². The molecular weight excluding hydrogens is 328 g/mol. The molecule has 4 nitrogen and oxygen atoms in total. The van der Waals surface area contributed by atoms with E-state index in [1.54, 1.807) is 4.90 Å². The zero-order chi connectivity index (χ0) is 17.5. The number of cyclic esters (lactones) is 1. The molecular formula is C16H18F4N2O2. The molecule has 0 N–H and O–H groups in total. The van der Waals surface area contributed by atoms with Crippen molar-refractivity contribution in [3.8, 4) is 0 Å². The van der Waals surface area contributed by atoms with Crippen molar-refractivity contribution >= 4 is 6.09 Å². The van der Waals surface area contributed by atoms with E-state index in [9.17, 15) is 22.4 Å². The fourth-order valence-corrected chi connectivity index (χ4v) is 3.39. The van der Waals surface area contributed by atoms with Crippen LogP contribution in [0.4, 0.5) is 22.4 Å². The second kappa shape index (κ2) is 5.91. The van der Waals surface area contributed by atoms with Gasteiger partial charge in [0, 0.05) is 31.7 Å². The summed E-state index contributed by atoms with van der Waals surface area (Å²) in [6, 6.07) is 2.45. The maximum Gasteiger partial charge on any atom is 0.416 e. The van der Waals surface area contributed by atoms with E-state index in [0.29, 0.717) is 26.1 Å². The van der Waals surface area contributed by atoms with Gasteiger partial charge in [-0.3, -0.25) is 9.80 Å². The largest absolute Gasteiger partial charge is 0.447 e. The number of carbonyl (C=O) groups is 1. The van der Waals surface area contributed by atoms with Crippen molar-refractivity contribution in [2.45, 2.75) is 31.6 Å². The van der Waals surface area contributed by atoms with Crippen molar-refractivity contribution in [3.63, 3.8) is 0 Å². The summed E-state index contributed by atoms with van der Waals surface area (Å²) in [5.41, 5.74) is -1.33. The minimum atomic E-state index is -4.50. The summed E-state index contributed by atoms with van der Waals surface area (Å²) in [4.78, 5) is 15.3. The highest BCUT2D eigenvalue weighted by Gasteiger charge is 2.49. The first-order chi connectivity index (χ1) is 11.2. The highest BCUT2D eigenvalue weighted by atomic mass is 19.4. The van der Waals surface area contributed by atoms with Crippen LogP contribution < -0.4 is 0 Å². The van der Waals surface area contributed by atoms with Gasteiger partial charge in [0.15, 0.2) is 0 Å². The van der Waals surface area contributed by atoms with Crippen LogP contribution >= 0.6 is 0 Å². The lowest BCUT2D eigenvalue weighted by molar-refractivity contribution is -0.137. The van der Waals surface area contributed by atoms with E-state index in [1.165, 1.54) is 0 Å². The maximum atomic E-state index is 13.9. The molecule has 0 radical (unpaired) electrons. The first-order valence-electron chi connectivity index (χ1n) is 7.77. The van der Waals surface area contributed by atoms with Gasteiger partial charge in [0.25, 0.3) is 0 Å². The molecule has 3 rings (SSSR count). The monoisotopic (exact) mass is 346 g/mol. The van der Waals surface area contributed by atoms with Crippen LogP contribution in [-0.2, 0) is 17.5 Å². The molecule has 2 heterocycles. The van der Waals surface area contributed by atoms with Crippen molar-refractivity contribution < 1.29 is 27.1 Å². The second-order valence-electron chi connectivity index (χ2n) is 6.30. The molecule has 1 unspecified atom stereocenters. The molecule has 2 aliphatic heterocycles. The van der Waals surface area contributed by atoms with E-state index < -0.39 is 23.1 Å². The van der Waals surface area contributed by atoms with Crippen molar-refractivity contribution in [1.82, 2.24) is 9.80 Å². The van der Waals surface area contributed by atoms with Crippen LogP contribution in [0.3, 0.4) is 0 Å². The molecule has 132 valence electrons. The minimum absolute atomic E-state index is 0.00905. The summed E-state index contributed by atoms with van der Waals surface area (Å²) in [5.74, 6) is -0.658. The third kappa shape index (κ3) is 2.94. The first-order valence-corrected chi connectivity index (χ1v) is 7.77. The Labute approximate surface area is 137 Å². The molecule has 1 aromatic carbocycles. The first kappa shape index (κ1) is 17.0. The van der Waals surface area contributed by atoms with Crippen LogP contribution in [0.2, 0.25) is 0 Å². The van der Waals surface area contributed by atoms with E-state index >= 15 is 0 Å². The Kier molecular flexibility index (Phi) is 4.19. The van der Waals surface area contributed by atoms with Crippen LogP contribution in [-0.4, -0.2) is 47.7 Å². The number of nitrogens with zero attached hydrogens (tertiary/aromatic N) is 2. The number of halogens is 4. The van der Waals surface area contributed by atoms with Gasteiger partial charge in [-0.25, -0.2) is 9.18 Å². The predicted octanol–water partition coefficient (Wildman–Crippen LogP) is 3.26. The van der Waals surface area contributed by atoms with Gasteiger partial charge >= 0.3 is 12.3 Å². The van der Waals surface area contributed by atoms with Crippen LogP contribution in [0.5, 0.6) is 0 Å². The van der Waals surface area contributed by atoms with Crippen molar-refractivity contribution in [1.29, 1.82) is 0 Å². The van der Waals surface area contributed by atoms with Gasteiger partial charge in [-0.2, -0.15) is 13.2 Å². The SMILES string of the molecule is CCC12COC(=O)N1CCN(Cc1cc(C(F)(F)F)ccc1F)C2. The molecule has 1 aromatic rings. The third-order valence-electron chi connectivity index (χ3n) is 4.84. The Morgan fingerprint density at radius 2 is 2.04 bits per heavy atom. The van der Waals surface area contributed by atoms with E-state index in [0.717, 1.165) is 18.2 Å². The molecule has 2 fully saturated rings. The number of carbonyl (C=O) groups excluding carboxylic acids is 1. The number of benzene rings is 1. The number of amides is 1. The molecule has 1 atom stereocenters. The van der Waals surface area contributed by atoms with E-state index in [-0.39, 0.29) is 24.8 Å². The van der Waals surface area contributed by atoms with E-state index in [2.05, 4.69) is 0 Å². The molecule has 0 bridgehead atoms. The molecule has 1 amide bonds. The normalized spacial score (nSPS) is 24.9. The summed E-state index contributed by atoms with van der Waals surface area (Å²) in [6.45, 7) is 3.59. The predicted molar refractivity (Wildman–Crippen MR) is 77.8 cm³/mol. The fraction of sp³-hybridized carbons (Fsp3) is 0.562. The Morgan fingerprint density at radius 1 is 1.29 bits per heavy atom. The molecule has 2 saturated heterocycles. The number of piperazine rings is 1. The standard InChI is InChI=1S/C16H18F4N2O2/c1-2-15-9-21(5-6-22(15)14(23)24-10-15)8-11-7-12(16(18,19)20)3-4-13(11)17/h3-4,7H,2,5-6,8-10H2,1H3. The van der Waals surface area contributed by atoms with Crippen LogP contribution in [0.1, 0.15) is 24.5 Å². The van der Waals surface area contributed by atoms with E-state index in [4.69, 9.17) is 4.74 Å². The number of hydrogen-bond acceptors (Lipinski definition) is 3. The third-order valence-corrected chi connectivity index (χ3v) is 4.84. The Bertz CT molecular complexity index is 649. The number of fused-ring (bicyclic) bond motifs is 1. The second-order valence-corrected chi connectivity index (χ2v) is 6.30. The number of alkyl halides is 3. The average molecular weight is 346 g/mol. The number of hydrogen-bond donors (Lipinski definition) is 0. The quantitative estimate of drug-likeness (QED) is 0.788. The Morgan fingerprint density at radius 3 is 2.71 bits per heavy atom. The summed E-state index contributed by atoms with van der Waals surface area (Å²) < 4.78 is 57.5. The molecule has 0 aliphatic carbocycles. The summed E-state index contributed by atoms with van der Waals surface area (Å²) >= 11 is 0. The molecule has 8 heteroatoms. The van der Waals surface area contributed by atoms with Gasteiger partial charge in [0.05, 0.1) is 11.1 Å². The van der Waals surface area contributed by atoms with Gasteiger partial charge < -0.3 is 4.74 Å². The van der Waals surface area contributed by atoms with Crippen LogP contribution in [0.25, 0.3) is 0 Å². The summed E-state index contributed by atoms with van der Waals surface area (Å²) in [7, 11) is 0. The highest BCUT2D eigenvalue weighted by Crippen LogP contribution is 2.34. The fourth-order valence-electron chi connectivity index (χ4n) is 3.39. The highest BCUT2D eigenvalue weighted by molar-refractivity contribution is 5.71. The van der Waals surface area contributed by atoms with Crippen LogP contribution in [0, 0.1) is 5.82 Å². The summed E-state index contributed by atoms with van der Waals surface area (Å²) in [5, 5.41) is 0. The van der Waals surface area contributed by atoms with Crippen molar-refractivity contribution in [2.24, 2.45) is 0 Å². The van der Waals surface area contributed by atoms with E-state index in [1.807, 2.05) is 11.8 Å². The maximum absolute atomic E-state index is 13.9. The lowest BCUT2D eigenvalue weighted by atomic mass is 9.92. The smallest absolute Gasteiger partial charge is 0.416 e. The van der Waals surface area contributed by atoms with Gasteiger partial charge in [-0.1, -0.05) is 6.92 Å². The van der Waals surface area contributed by atoms with Gasteiger partial charge in [-0.05, 0) is 24.6 Å². The molecule has 2 aliphatic rings. The zero-order valence-electron chi connectivity index (χ0n) is 13.2. The summed E-state index contributed by atoms with van der Waals surface area (Å²) in [6.07, 6.45) is -4.19. The lowest BCUT2D eigenvalue weighted by Crippen LogP contribution is -2.60. The van der Waals surface area contributed by atoms with Gasteiger partial charge in [-0.15, -0.1) is 0 Å². The topological polar surface area (TPSA) is 32.8 Å². The van der Waals surface area contributed by atoms with Gasteiger partial charge in [0.2, 0.25) is 0 Å². The number of ether oxygens (including phenoxy) is 1. The average Bonchev–Trinajstić information content (AvgIpc) is 2.86. The Hall–Kier alpha value is -1.83. The molecule has 24 heavy (non-hydrogen) atoms. The van der Waals surface area contributed by atoms with Crippen LogP contribution in [0.15, 0.2) is 18.2 Å².